The molecule has 0 radical (unpaired) electrons. The van der Waals surface area contributed by atoms with E-state index >= 15 is 0 Å². The fourth-order valence-electron chi connectivity index (χ4n) is 3.67. The lowest BCUT2D eigenvalue weighted by Crippen LogP contribution is -2.51. The fraction of sp³-hybridized carbons (Fsp3) is 0.231. The monoisotopic (exact) mass is 429 g/mol. The molecule has 3 aromatic carbocycles. The van der Waals surface area contributed by atoms with Gasteiger partial charge in [0.15, 0.2) is 0 Å². The van der Waals surface area contributed by atoms with E-state index in [2.05, 4.69) is 22.3 Å². The van der Waals surface area contributed by atoms with E-state index in [-0.39, 0.29) is 18.4 Å². The van der Waals surface area contributed by atoms with Gasteiger partial charge in [0, 0.05) is 37.4 Å². The van der Waals surface area contributed by atoms with Crippen LogP contribution in [-0.2, 0) is 11.4 Å². The highest BCUT2D eigenvalue weighted by Crippen LogP contribution is 2.21. The molecule has 0 atom stereocenters. The molecule has 6 nitrogen and oxygen atoms in total. The number of rotatable bonds is 7. The first-order chi connectivity index (χ1) is 15.7. The summed E-state index contributed by atoms with van der Waals surface area (Å²) in [5, 5.41) is 2.71. The summed E-state index contributed by atoms with van der Waals surface area (Å²) < 4.78 is 5.86. The van der Waals surface area contributed by atoms with Crippen LogP contribution in [0.1, 0.15) is 15.9 Å². The Morgan fingerprint density at radius 3 is 2.06 bits per heavy atom. The first-order valence-corrected chi connectivity index (χ1v) is 10.8. The van der Waals surface area contributed by atoms with E-state index in [9.17, 15) is 9.59 Å². The van der Waals surface area contributed by atoms with Gasteiger partial charge < -0.3 is 19.9 Å². The van der Waals surface area contributed by atoms with E-state index in [1.54, 1.807) is 29.2 Å². The first kappa shape index (κ1) is 21.4. The topological polar surface area (TPSA) is 61.9 Å². The average molecular weight is 430 g/mol. The molecule has 4 rings (SSSR count). The zero-order chi connectivity index (χ0) is 22.2. The van der Waals surface area contributed by atoms with Crippen molar-refractivity contribution in [2.45, 2.75) is 6.61 Å². The SMILES string of the molecule is O=C(NCC(=O)N1CCN(c2ccc(OCc3ccccc3)cc2)CC1)c1ccccc1. The van der Waals surface area contributed by atoms with Gasteiger partial charge in [0.25, 0.3) is 5.91 Å². The van der Waals surface area contributed by atoms with Crippen molar-refractivity contribution in [1.82, 2.24) is 10.2 Å². The molecule has 0 aliphatic carbocycles. The van der Waals surface area contributed by atoms with Crippen LogP contribution in [0.2, 0.25) is 0 Å². The van der Waals surface area contributed by atoms with Crippen molar-refractivity contribution in [3.05, 3.63) is 96.1 Å². The van der Waals surface area contributed by atoms with Gasteiger partial charge in [-0.3, -0.25) is 9.59 Å². The zero-order valence-electron chi connectivity index (χ0n) is 17.9. The number of benzene rings is 3. The van der Waals surface area contributed by atoms with Crippen LogP contribution in [0.15, 0.2) is 84.9 Å². The Morgan fingerprint density at radius 2 is 1.41 bits per heavy atom. The molecule has 0 unspecified atom stereocenters. The van der Waals surface area contributed by atoms with Crippen molar-refractivity contribution >= 4 is 17.5 Å². The van der Waals surface area contributed by atoms with Crippen LogP contribution in [-0.4, -0.2) is 49.4 Å². The molecule has 2 amide bonds. The summed E-state index contributed by atoms with van der Waals surface area (Å²) in [4.78, 5) is 28.7. The highest BCUT2D eigenvalue weighted by atomic mass is 16.5. The van der Waals surface area contributed by atoms with Gasteiger partial charge >= 0.3 is 0 Å². The maximum Gasteiger partial charge on any atom is 0.251 e. The van der Waals surface area contributed by atoms with Gasteiger partial charge in [-0.1, -0.05) is 48.5 Å². The van der Waals surface area contributed by atoms with Crippen LogP contribution >= 0.6 is 0 Å². The van der Waals surface area contributed by atoms with Gasteiger partial charge in [-0.2, -0.15) is 0 Å². The first-order valence-electron chi connectivity index (χ1n) is 10.8. The number of ether oxygens (including phenoxy) is 1. The van der Waals surface area contributed by atoms with E-state index in [0.29, 0.717) is 25.3 Å². The minimum absolute atomic E-state index is 0.0151. The molecule has 1 fully saturated rings. The van der Waals surface area contributed by atoms with Crippen molar-refractivity contribution in [2.24, 2.45) is 0 Å². The maximum atomic E-state index is 12.5. The van der Waals surface area contributed by atoms with Crippen LogP contribution in [0.3, 0.4) is 0 Å². The Balaban J connectivity index is 1.21. The highest BCUT2D eigenvalue weighted by molar-refractivity contribution is 5.96. The van der Waals surface area contributed by atoms with E-state index in [4.69, 9.17) is 4.74 Å². The predicted molar refractivity (Wildman–Crippen MR) is 125 cm³/mol. The molecule has 0 saturated carbocycles. The standard InChI is InChI=1S/C26H27N3O3/c30-25(19-27-26(31)22-9-5-2-6-10-22)29-17-15-28(16-18-29)23-11-13-24(14-12-23)32-20-21-7-3-1-4-8-21/h1-14H,15-20H2,(H,27,31). The summed E-state index contributed by atoms with van der Waals surface area (Å²) in [6.07, 6.45) is 0. The zero-order valence-corrected chi connectivity index (χ0v) is 17.9. The minimum Gasteiger partial charge on any atom is -0.489 e. The summed E-state index contributed by atoms with van der Waals surface area (Å²) in [6, 6.07) is 27.1. The second-order valence-corrected chi connectivity index (χ2v) is 7.68. The quantitative estimate of drug-likeness (QED) is 0.626. The van der Waals surface area contributed by atoms with Gasteiger partial charge in [0.05, 0.1) is 6.54 Å². The second-order valence-electron chi connectivity index (χ2n) is 7.68. The van der Waals surface area contributed by atoms with Crippen LogP contribution in [0.25, 0.3) is 0 Å². The van der Waals surface area contributed by atoms with Crippen molar-refractivity contribution < 1.29 is 14.3 Å². The number of carbonyl (C=O) groups excluding carboxylic acids is 2. The largest absolute Gasteiger partial charge is 0.489 e. The summed E-state index contributed by atoms with van der Waals surface area (Å²) in [7, 11) is 0. The molecule has 6 heteroatoms. The van der Waals surface area contributed by atoms with Gasteiger partial charge in [0.2, 0.25) is 5.91 Å². The number of hydrogen-bond donors (Lipinski definition) is 1. The molecule has 0 aromatic heterocycles. The third-order valence-corrected chi connectivity index (χ3v) is 5.52. The highest BCUT2D eigenvalue weighted by Gasteiger charge is 2.21. The molecule has 32 heavy (non-hydrogen) atoms. The molecule has 1 saturated heterocycles. The van der Waals surface area contributed by atoms with E-state index in [1.807, 2.05) is 48.5 Å². The molecule has 3 aromatic rings. The number of amides is 2. The Labute approximate surface area is 188 Å². The number of hydrogen-bond acceptors (Lipinski definition) is 4. The van der Waals surface area contributed by atoms with E-state index in [1.165, 1.54) is 0 Å². The van der Waals surface area contributed by atoms with E-state index < -0.39 is 0 Å². The lowest BCUT2D eigenvalue weighted by atomic mass is 10.2. The predicted octanol–water partition coefficient (Wildman–Crippen LogP) is 3.34. The molecule has 1 aliphatic rings. The minimum atomic E-state index is -0.229. The van der Waals surface area contributed by atoms with Crippen LogP contribution in [0.4, 0.5) is 5.69 Å². The summed E-state index contributed by atoms with van der Waals surface area (Å²) in [6.45, 7) is 3.33. The molecule has 1 aliphatic heterocycles. The van der Waals surface area contributed by atoms with Crippen LogP contribution in [0.5, 0.6) is 5.75 Å². The van der Waals surface area contributed by atoms with Crippen molar-refractivity contribution in [3.63, 3.8) is 0 Å². The molecule has 0 bridgehead atoms. The Hall–Kier alpha value is -3.80. The molecule has 1 heterocycles. The number of anilines is 1. The Kier molecular flexibility index (Phi) is 7.02. The van der Waals surface area contributed by atoms with Crippen LogP contribution < -0.4 is 15.0 Å². The fourth-order valence-corrected chi connectivity index (χ4v) is 3.67. The maximum absolute atomic E-state index is 12.5. The van der Waals surface area contributed by atoms with Gasteiger partial charge in [-0.05, 0) is 42.0 Å². The average Bonchev–Trinajstić information content (AvgIpc) is 2.87. The third-order valence-electron chi connectivity index (χ3n) is 5.52. The smallest absolute Gasteiger partial charge is 0.251 e. The number of piperazine rings is 1. The number of nitrogens with one attached hydrogen (secondary N) is 1. The lowest BCUT2D eigenvalue weighted by molar-refractivity contribution is -0.130. The lowest BCUT2D eigenvalue weighted by Gasteiger charge is -2.36. The van der Waals surface area contributed by atoms with Gasteiger partial charge in [0.1, 0.15) is 12.4 Å². The Morgan fingerprint density at radius 1 is 0.781 bits per heavy atom. The molecular weight excluding hydrogens is 402 g/mol. The summed E-state index contributed by atoms with van der Waals surface area (Å²) in [5.74, 6) is 0.548. The summed E-state index contributed by atoms with van der Waals surface area (Å²) >= 11 is 0. The Bertz CT molecular complexity index is 1020. The molecule has 1 N–H and O–H groups in total. The second kappa shape index (κ2) is 10.5. The third kappa shape index (κ3) is 5.66. The molecule has 164 valence electrons. The van der Waals surface area contributed by atoms with Gasteiger partial charge in [-0.15, -0.1) is 0 Å². The van der Waals surface area contributed by atoms with Gasteiger partial charge in [-0.25, -0.2) is 0 Å². The molecular formula is C26H27N3O3. The molecule has 0 spiro atoms. The number of nitrogens with zero attached hydrogens (tertiary/aromatic N) is 2. The normalized spacial score (nSPS) is 13.5. The van der Waals surface area contributed by atoms with Crippen molar-refractivity contribution in [1.29, 1.82) is 0 Å². The summed E-state index contributed by atoms with van der Waals surface area (Å²) in [5.41, 5.74) is 2.81. The van der Waals surface area contributed by atoms with E-state index in [0.717, 1.165) is 30.1 Å². The van der Waals surface area contributed by atoms with Crippen molar-refractivity contribution in [2.75, 3.05) is 37.6 Å². The number of carbonyl (C=O) groups is 2. The van der Waals surface area contributed by atoms with Crippen molar-refractivity contribution in [3.8, 4) is 5.75 Å². The van der Waals surface area contributed by atoms with Crippen LogP contribution in [0, 0.1) is 0 Å².